The van der Waals surface area contributed by atoms with Crippen molar-refractivity contribution in [3.63, 3.8) is 0 Å². The van der Waals surface area contributed by atoms with Gasteiger partial charge in [-0.2, -0.15) is 0 Å². The van der Waals surface area contributed by atoms with Crippen molar-refractivity contribution in [1.82, 2.24) is 9.55 Å². The van der Waals surface area contributed by atoms with Gasteiger partial charge in [0.15, 0.2) is 0 Å². The molecule has 2 aromatic heterocycles. The van der Waals surface area contributed by atoms with E-state index in [9.17, 15) is 0 Å². The Morgan fingerprint density at radius 2 is 1.94 bits per heavy atom. The molecule has 0 aliphatic carbocycles. The van der Waals surface area contributed by atoms with E-state index in [1.54, 1.807) is 0 Å². The minimum absolute atomic E-state index is 0.536. The molecule has 0 unspecified atom stereocenters. The number of hydrogen-bond donors (Lipinski definition) is 0. The van der Waals surface area contributed by atoms with Crippen LogP contribution in [0.15, 0.2) is 18.5 Å². The predicted octanol–water partition coefficient (Wildman–Crippen LogP) is 4.29. The minimum Gasteiger partial charge on any atom is -0.349 e. The van der Waals surface area contributed by atoms with Crippen molar-refractivity contribution in [2.75, 3.05) is 0 Å². The van der Waals surface area contributed by atoms with E-state index in [0.717, 1.165) is 11.9 Å². The van der Waals surface area contributed by atoms with Crippen LogP contribution in [0.25, 0.3) is 11.0 Å². The highest BCUT2D eigenvalue weighted by atomic mass is 14.9. The Balaban J connectivity index is 0.000000686. The smallest absolute Gasteiger partial charge is 0.0915 e. The van der Waals surface area contributed by atoms with Crippen molar-refractivity contribution in [3.8, 4) is 0 Å². The summed E-state index contributed by atoms with van der Waals surface area (Å²) in [4.78, 5) is 4.57. The largest absolute Gasteiger partial charge is 0.349 e. The fraction of sp³-hybridized carbons (Fsp3) is 0.533. The summed E-state index contributed by atoms with van der Waals surface area (Å²) in [6.07, 6.45) is 5.24. The summed E-state index contributed by atoms with van der Waals surface area (Å²) in [5.74, 6) is 0.536. The van der Waals surface area contributed by atoms with E-state index in [0.29, 0.717) is 5.92 Å². The third-order valence-corrected chi connectivity index (χ3v) is 2.94. The van der Waals surface area contributed by atoms with Gasteiger partial charge in [-0.1, -0.05) is 34.6 Å². The van der Waals surface area contributed by atoms with Crippen molar-refractivity contribution in [2.45, 2.75) is 47.0 Å². The Morgan fingerprint density at radius 3 is 2.47 bits per heavy atom. The predicted molar refractivity (Wildman–Crippen MR) is 75.5 cm³/mol. The lowest BCUT2D eigenvalue weighted by Crippen LogP contribution is -1.88. The van der Waals surface area contributed by atoms with Crippen molar-refractivity contribution in [2.24, 2.45) is 7.05 Å². The average Bonchev–Trinajstić information content (AvgIpc) is 2.69. The molecule has 94 valence electrons. The molecule has 2 nitrogen and oxygen atoms in total. The zero-order valence-electron chi connectivity index (χ0n) is 11.9. The molecule has 0 aliphatic rings. The second-order valence-electron chi connectivity index (χ2n) is 4.41. The van der Waals surface area contributed by atoms with Crippen LogP contribution in [-0.4, -0.2) is 9.55 Å². The van der Waals surface area contributed by atoms with Gasteiger partial charge in [0.25, 0.3) is 0 Å². The van der Waals surface area contributed by atoms with Gasteiger partial charge in [-0.3, -0.25) is 4.98 Å². The van der Waals surface area contributed by atoms with Gasteiger partial charge in [0.1, 0.15) is 0 Å². The summed E-state index contributed by atoms with van der Waals surface area (Å²) in [6.45, 7) is 10.6. The Bertz CT molecular complexity index is 481. The van der Waals surface area contributed by atoms with Crippen LogP contribution in [0.4, 0.5) is 0 Å². The first-order valence-corrected chi connectivity index (χ1v) is 6.57. The summed E-state index contributed by atoms with van der Waals surface area (Å²) in [5, 5.41) is 0. The number of fused-ring (bicyclic) bond motifs is 1. The number of aryl methyl sites for hydroxylation is 2. The summed E-state index contributed by atoms with van der Waals surface area (Å²) < 4.78 is 2.18. The van der Waals surface area contributed by atoms with Crippen LogP contribution >= 0.6 is 0 Å². The lowest BCUT2D eigenvalue weighted by atomic mass is 10.1. The van der Waals surface area contributed by atoms with E-state index in [4.69, 9.17) is 0 Å². The molecule has 2 heterocycles. The quantitative estimate of drug-likeness (QED) is 0.755. The maximum atomic E-state index is 4.57. The second-order valence-corrected chi connectivity index (χ2v) is 4.41. The van der Waals surface area contributed by atoms with Gasteiger partial charge >= 0.3 is 0 Å². The molecule has 0 fully saturated rings. The minimum atomic E-state index is 0.536. The van der Waals surface area contributed by atoms with E-state index >= 15 is 0 Å². The molecule has 2 heteroatoms. The van der Waals surface area contributed by atoms with Crippen molar-refractivity contribution < 1.29 is 0 Å². The zero-order valence-corrected chi connectivity index (χ0v) is 11.9. The van der Waals surface area contributed by atoms with E-state index in [-0.39, 0.29) is 0 Å². The van der Waals surface area contributed by atoms with Crippen LogP contribution in [0.2, 0.25) is 0 Å². The Labute approximate surface area is 105 Å². The highest BCUT2D eigenvalue weighted by molar-refractivity contribution is 5.80. The molecule has 2 rings (SSSR count). The lowest BCUT2D eigenvalue weighted by Gasteiger charge is -2.01. The van der Waals surface area contributed by atoms with Gasteiger partial charge < -0.3 is 4.57 Å². The molecule has 2 aromatic rings. The maximum absolute atomic E-state index is 4.57. The molecular weight excluding hydrogens is 208 g/mol. The number of hydrogen-bond acceptors (Lipinski definition) is 1. The third kappa shape index (κ3) is 2.68. The van der Waals surface area contributed by atoms with Crippen LogP contribution in [0.3, 0.4) is 0 Å². The summed E-state index contributed by atoms with van der Waals surface area (Å²) in [6, 6.07) is 2.24. The SMILES string of the molecule is CC.CCc1cnc2c(C(C)C)cn(C)c2c1. The normalized spacial score (nSPS) is 10.5. The van der Waals surface area contributed by atoms with E-state index in [2.05, 4.69) is 49.6 Å². The Hall–Kier alpha value is -1.31. The van der Waals surface area contributed by atoms with Crippen LogP contribution in [0.1, 0.15) is 51.7 Å². The molecule has 17 heavy (non-hydrogen) atoms. The van der Waals surface area contributed by atoms with E-state index in [1.165, 1.54) is 16.6 Å². The number of aromatic nitrogens is 2. The van der Waals surface area contributed by atoms with Crippen LogP contribution in [0.5, 0.6) is 0 Å². The van der Waals surface area contributed by atoms with Gasteiger partial charge in [-0.05, 0) is 29.5 Å². The molecule has 0 saturated heterocycles. The highest BCUT2D eigenvalue weighted by Crippen LogP contribution is 2.25. The first-order chi connectivity index (χ1) is 8.13. The maximum Gasteiger partial charge on any atom is 0.0915 e. The molecule has 0 radical (unpaired) electrons. The summed E-state index contributed by atoms with van der Waals surface area (Å²) >= 11 is 0. The number of rotatable bonds is 2. The monoisotopic (exact) mass is 232 g/mol. The average molecular weight is 232 g/mol. The van der Waals surface area contributed by atoms with Gasteiger partial charge in [0.05, 0.1) is 11.0 Å². The fourth-order valence-electron chi connectivity index (χ4n) is 1.94. The molecule has 0 spiro atoms. The lowest BCUT2D eigenvalue weighted by molar-refractivity contribution is 0.855. The zero-order chi connectivity index (χ0) is 13.0. The van der Waals surface area contributed by atoms with Crippen LogP contribution in [-0.2, 0) is 13.5 Å². The van der Waals surface area contributed by atoms with E-state index < -0.39 is 0 Å². The molecule has 0 aliphatic heterocycles. The fourth-order valence-corrected chi connectivity index (χ4v) is 1.94. The first kappa shape index (κ1) is 13.8. The molecule has 0 saturated carbocycles. The van der Waals surface area contributed by atoms with Gasteiger partial charge in [-0.15, -0.1) is 0 Å². The van der Waals surface area contributed by atoms with Crippen molar-refractivity contribution in [3.05, 3.63) is 29.6 Å². The Kier molecular flexibility index (Phi) is 4.73. The third-order valence-electron chi connectivity index (χ3n) is 2.94. The second kappa shape index (κ2) is 5.85. The number of nitrogens with zero attached hydrogens (tertiary/aromatic N) is 2. The standard InChI is InChI=1S/C13H18N2.C2H6/c1-5-10-6-12-13(14-7-10)11(9(2)3)8-15(12)4;1-2/h6-9H,5H2,1-4H3;1-2H3. The van der Waals surface area contributed by atoms with Crippen LogP contribution in [0, 0.1) is 0 Å². The molecular formula is C15H24N2. The first-order valence-electron chi connectivity index (χ1n) is 6.57. The molecule has 0 N–H and O–H groups in total. The van der Waals surface area contributed by atoms with Crippen molar-refractivity contribution >= 4 is 11.0 Å². The summed E-state index contributed by atoms with van der Waals surface area (Å²) in [7, 11) is 2.09. The Morgan fingerprint density at radius 1 is 1.29 bits per heavy atom. The molecule has 0 amide bonds. The van der Waals surface area contributed by atoms with E-state index in [1.807, 2.05) is 20.0 Å². The number of pyridine rings is 1. The highest BCUT2D eigenvalue weighted by Gasteiger charge is 2.10. The van der Waals surface area contributed by atoms with Crippen LogP contribution < -0.4 is 0 Å². The molecule has 0 atom stereocenters. The molecule has 0 bridgehead atoms. The molecule has 0 aromatic carbocycles. The van der Waals surface area contributed by atoms with Crippen molar-refractivity contribution in [1.29, 1.82) is 0 Å². The van der Waals surface area contributed by atoms with Gasteiger partial charge in [0, 0.05) is 19.4 Å². The topological polar surface area (TPSA) is 17.8 Å². The van der Waals surface area contributed by atoms with Gasteiger partial charge in [0.2, 0.25) is 0 Å². The van der Waals surface area contributed by atoms with Gasteiger partial charge in [-0.25, -0.2) is 0 Å². The summed E-state index contributed by atoms with van der Waals surface area (Å²) in [5.41, 5.74) is 5.05.